The van der Waals surface area contributed by atoms with Gasteiger partial charge >= 0.3 is 0 Å². The lowest BCUT2D eigenvalue weighted by Gasteiger charge is -2.23. The number of carbonyl (C=O) groups excluding carboxylic acids is 1. The molecule has 0 bridgehead atoms. The van der Waals surface area contributed by atoms with Crippen LogP contribution in [0.2, 0.25) is 0 Å². The van der Waals surface area contributed by atoms with E-state index in [2.05, 4.69) is 16.7 Å². The van der Waals surface area contributed by atoms with Crippen LogP contribution in [0, 0.1) is 11.3 Å². The number of benzene rings is 1. The number of nitrogens with zero attached hydrogens (tertiary/aromatic N) is 1. The SMILES string of the molecule is N#Cc1ccccc1C1NC2(CCCC2)NC1=O. The predicted molar refractivity (Wildman–Crippen MR) is 66.4 cm³/mol. The fourth-order valence-electron chi connectivity index (χ4n) is 3.00. The highest BCUT2D eigenvalue weighted by atomic mass is 16.2. The summed E-state index contributed by atoms with van der Waals surface area (Å²) in [5.74, 6) is -0.0143. The van der Waals surface area contributed by atoms with Crippen LogP contribution < -0.4 is 10.6 Å². The van der Waals surface area contributed by atoms with E-state index in [4.69, 9.17) is 5.26 Å². The number of rotatable bonds is 1. The quantitative estimate of drug-likeness (QED) is 0.784. The molecule has 1 aliphatic heterocycles. The molecular formula is C14H15N3O. The minimum absolute atomic E-state index is 0.0143. The second-order valence-corrected chi connectivity index (χ2v) is 5.05. The number of hydrogen-bond donors (Lipinski definition) is 2. The maximum absolute atomic E-state index is 12.1. The first-order valence-corrected chi connectivity index (χ1v) is 6.33. The minimum Gasteiger partial charge on any atom is -0.336 e. The molecule has 1 aromatic carbocycles. The van der Waals surface area contributed by atoms with Gasteiger partial charge in [0.2, 0.25) is 5.91 Å². The van der Waals surface area contributed by atoms with Gasteiger partial charge in [0.15, 0.2) is 0 Å². The van der Waals surface area contributed by atoms with E-state index in [1.807, 2.05) is 18.2 Å². The molecule has 1 aliphatic carbocycles. The van der Waals surface area contributed by atoms with E-state index < -0.39 is 0 Å². The summed E-state index contributed by atoms with van der Waals surface area (Å²) in [5.41, 5.74) is 1.12. The van der Waals surface area contributed by atoms with Crippen molar-refractivity contribution in [2.45, 2.75) is 37.4 Å². The Hall–Kier alpha value is -1.86. The predicted octanol–water partition coefficient (Wildman–Crippen LogP) is 1.59. The number of hydrogen-bond acceptors (Lipinski definition) is 3. The van der Waals surface area contributed by atoms with E-state index in [1.165, 1.54) is 0 Å². The molecule has 1 saturated heterocycles. The first kappa shape index (κ1) is 11.2. The van der Waals surface area contributed by atoms with Crippen molar-refractivity contribution in [3.05, 3.63) is 35.4 Å². The molecule has 1 saturated carbocycles. The third-order valence-corrected chi connectivity index (χ3v) is 3.89. The lowest BCUT2D eigenvalue weighted by atomic mass is 10.0. The van der Waals surface area contributed by atoms with Gasteiger partial charge in [-0.2, -0.15) is 5.26 Å². The fourth-order valence-corrected chi connectivity index (χ4v) is 3.00. The molecule has 0 radical (unpaired) electrons. The van der Waals surface area contributed by atoms with Gasteiger partial charge in [-0.1, -0.05) is 18.2 Å². The van der Waals surface area contributed by atoms with Crippen LogP contribution in [-0.4, -0.2) is 11.6 Å². The Balaban J connectivity index is 1.94. The minimum atomic E-state index is -0.390. The second kappa shape index (κ2) is 4.11. The maximum atomic E-state index is 12.1. The van der Waals surface area contributed by atoms with Crippen molar-refractivity contribution < 1.29 is 4.79 Å². The lowest BCUT2D eigenvalue weighted by Crippen LogP contribution is -2.46. The van der Waals surface area contributed by atoms with Crippen molar-refractivity contribution in [2.75, 3.05) is 0 Å². The van der Waals surface area contributed by atoms with Gasteiger partial charge in [0.25, 0.3) is 0 Å². The zero-order valence-electron chi connectivity index (χ0n) is 10.1. The van der Waals surface area contributed by atoms with Crippen molar-refractivity contribution in [3.63, 3.8) is 0 Å². The van der Waals surface area contributed by atoms with E-state index in [0.29, 0.717) is 5.56 Å². The van der Waals surface area contributed by atoms with Crippen LogP contribution in [-0.2, 0) is 4.79 Å². The third kappa shape index (κ3) is 1.68. The fraction of sp³-hybridized carbons (Fsp3) is 0.429. The Labute approximate surface area is 106 Å². The van der Waals surface area contributed by atoms with Crippen molar-refractivity contribution in [2.24, 2.45) is 0 Å². The van der Waals surface area contributed by atoms with Crippen molar-refractivity contribution in [3.8, 4) is 6.07 Å². The van der Waals surface area contributed by atoms with Gasteiger partial charge < -0.3 is 5.32 Å². The van der Waals surface area contributed by atoms with Gasteiger partial charge in [-0.15, -0.1) is 0 Å². The number of nitriles is 1. The van der Waals surface area contributed by atoms with E-state index in [-0.39, 0.29) is 17.6 Å². The van der Waals surface area contributed by atoms with E-state index in [1.54, 1.807) is 6.07 Å². The molecule has 92 valence electrons. The molecule has 2 fully saturated rings. The second-order valence-electron chi connectivity index (χ2n) is 5.05. The van der Waals surface area contributed by atoms with Crippen LogP contribution in [0.3, 0.4) is 0 Å². The summed E-state index contributed by atoms with van der Waals surface area (Å²) in [7, 11) is 0. The van der Waals surface area contributed by atoms with Gasteiger partial charge in [0.05, 0.1) is 17.3 Å². The Kier molecular flexibility index (Phi) is 2.57. The molecule has 1 spiro atoms. The summed E-state index contributed by atoms with van der Waals surface area (Å²) in [5, 5.41) is 15.6. The molecule has 3 rings (SSSR count). The largest absolute Gasteiger partial charge is 0.336 e. The molecule has 1 atom stereocenters. The molecule has 2 aliphatic rings. The van der Waals surface area contributed by atoms with Gasteiger partial charge in [-0.3, -0.25) is 10.1 Å². The first-order chi connectivity index (χ1) is 8.74. The van der Waals surface area contributed by atoms with Crippen LogP contribution in [0.4, 0.5) is 0 Å². The molecule has 4 nitrogen and oxygen atoms in total. The molecule has 1 heterocycles. The monoisotopic (exact) mass is 241 g/mol. The summed E-state index contributed by atoms with van der Waals surface area (Å²) in [6.45, 7) is 0. The number of nitrogens with one attached hydrogen (secondary N) is 2. The molecule has 2 N–H and O–H groups in total. The topological polar surface area (TPSA) is 64.9 Å². The Bertz CT molecular complexity index is 526. The normalized spacial score (nSPS) is 25.1. The summed E-state index contributed by atoms with van der Waals surface area (Å²) >= 11 is 0. The van der Waals surface area contributed by atoms with Crippen molar-refractivity contribution in [1.82, 2.24) is 10.6 Å². The zero-order chi connectivity index (χ0) is 12.6. The highest BCUT2D eigenvalue weighted by Gasteiger charge is 2.45. The van der Waals surface area contributed by atoms with Gasteiger partial charge in [-0.25, -0.2) is 0 Å². The molecule has 1 aromatic rings. The van der Waals surface area contributed by atoms with Crippen molar-refractivity contribution >= 4 is 5.91 Å². The van der Waals surface area contributed by atoms with Gasteiger partial charge in [-0.05, 0) is 37.3 Å². The van der Waals surface area contributed by atoms with Gasteiger partial charge in [0.1, 0.15) is 6.04 Å². The Morgan fingerprint density at radius 3 is 2.72 bits per heavy atom. The van der Waals surface area contributed by atoms with E-state index >= 15 is 0 Å². The molecule has 4 heteroatoms. The van der Waals surface area contributed by atoms with Crippen LogP contribution in [0.1, 0.15) is 42.9 Å². The zero-order valence-corrected chi connectivity index (χ0v) is 10.1. The maximum Gasteiger partial charge on any atom is 0.243 e. The molecular weight excluding hydrogens is 226 g/mol. The third-order valence-electron chi connectivity index (χ3n) is 3.89. The standard InChI is InChI=1S/C14H15N3O/c15-9-10-5-1-2-6-11(10)12-13(18)17-14(16-12)7-3-4-8-14/h1-2,5-6,12,16H,3-4,7-8H2,(H,17,18). The molecule has 1 unspecified atom stereocenters. The van der Waals surface area contributed by atoms with Crippen LogP contribution in [0.5, 0.6) is 0 Å². The lowest BCUT2D eigenvalue weighted by molar-refractivity contribution is -0.121. The average molecular weight is 241 g/mol. The van der Waals surface area contributed by atoms with Gasteiger partial charge in [0, 0.05) is 0 Å². The van der Waals surface area contributed by atoms with E-state index in [9.17, 15) is 4.79 Å². The van der Waals surface area contributed by atoms with Crippen LogP contribution in [0.15, 0.2) is 24.3 Å². The first-order valence-electron chi connectivity index (χ1n) is 6.33. The average Bonchev–Trinajstić information content (AvgIpc) is 2.97. The number of carbonyl (C=O) groups is 1. The summed E-state index contributed by atoms with van der Waals surface area (Å²) in [6.07, 6.45) is 4.23. The number of amides is 1. The summed E-state index contributed by atoms with van der Waals surface area (Å²) < 4.78 is 0. The van der Waals surface area contributed by atoms with Crippen LogP contribution in [0.25, 0.3) is 0 Å². The summed E-state index contributed by atoms with van der Waals surface area (Å²) in [4.78, 5) is 12.1. The highest BCUT2D eigenvalue weighted by Crippen LogP contribution is 2.35. The molecule has 1 amide bonds. The van der Waals surface area contributed by atoms with E-state index in [0.717, 1.165) is 31.2 Å². The molecule has 18 heavy (non-hydrogen) atoms. The highest BCUT2D eigenvalue weighted by molar-refractivity contribution is 5.87. The summed E-state index contributed by atoms with van der Waals surface area (Å²) in [6, 6.07) is 9.05. The Morgan fingerprint density at radius 1 is 1.28 bits per heavy atom. The van der Waals surface area contributed by atoms with Crippen molar-refractivity contribution in [1.29, 1.82) is 5.26 Å². The Morgan fingerprint density at radius 2 is 2.00 bits per heavy atom. The molecule has 0 aromatic heterocycles. The van der Waals surface area contributed by atoms with Crippen LogP contribution >= 0.6 is 0 Å². The smallest absolute Gasteiger partial charge is 0.243 e.